The van der Waals surface area contributed by atoms with E-state index < -0.39 is 61.1 Å². The third-order valence-corrected chi connectivity index (χ3v) is 19.6. The average Bonchev–Trinajstić information content (AvgIpc) is 3.25. The van der Waals surface area contributed by atoms with E-state index in [9.17, 15) is 34.8 Å². The third kappa shape index (κ3) is 11.2. The van der Waals surface area contributed by atoms with Crippen molar-refractivity contribution in [3.8, 4) is 0 Å². The Hall–Kier alpha value is -4.49. The van der Waals surface area contributed by atoms with Crippen molar-refractivity contribution in [3.05, 3.63) is 145 Å². The van der Waals surface area contributed by atoms with Gasteiger partial charge in [0.2, 0.25) is 0 Å². The Labute approximate surface area is 367 Å². The maximum Gasteiger partial charge on any atom is 0.501 e. The summed E-state index contributed by atoms with van der Waals surface area (Å²) in [5.41, 5.74) is -6.20. The predicted molar refractivity (Wildman–Crippen MR) is 240 cm³/mol. The van der Waals surface area contributed by atoms with Crippen LogP contribution in [0, 0.1) is 0 Å². The number of ether oxygens (including phenoxy) is 1. The van der Waals surface area contributed by atoms with Crippen molar-refractivity contribution < 1.29 is 44.0 Å². The number of anilines is 1. The largest absolute Gasteiger partial charge is 0.501 e. The molecule has 17 heteroatoms. The topological polar surface area (TPSA) is 131 Å². The van der Waals surface area contributed by atoms with Crippen LogP contribution in [0.3, 0.4) is 0 Å². The quantitative estimate of drug-likeness (QED) is 0.0722. The minimum atomic E-state index is -6.08. The number of rotatable bonds is 17. The van der Waals surface area contributed by atoms with Crippen molar-refractivity contribution in [2.75, 3.05) is 43.9 Å². The molecular weight excluding hydrogens is 876 g/mol. The Kier molecular flexibility index (Phi) is 15.1. The first-order valence-electron chi connectivity index (χ1n) is 20.0. The molecule has 6 rings (SSSR count). The van der Waals surface area contributed by atoms with E-state index in [0.29, 0.717) is 51.1 Å². The number of benzene rings is 5. The SMILES string of the molecule is CC(C)(C)[Si](OC[C@@H]1CN(CC[C@H](CSc2ccccc2)Nc2ccc(S(=O)(=O)NC(=O)c3ccccc3)cc2S(=O)(=O)C(F)(F)F)CCO1)(c1ccccc1)c1ccccc1. The summed E-state index contributed by atoms with van der Waals surface area (Å²) < 4.78 is 111. The molecule has 0 aromatic heterocycles. The number of nitrogens with one attached hydrogen (secondary N) is 2. The first-order chi connectivity index (χ1) is 29.4. The van der Waals surface area contributed by atoms with Crippen LogP contribution in [0.2, 0.25) is 5.04 Å². The number of carbonyl (C=O) groups excluding carboxylic acids is 1. The molecule has 5 aromatic rings. The van der Waals surface area contributed by atoms with Gasteiger partial charge >= 0.3 is 5.51 Å². The van der Waals surface area contributed by atoms with Crippen LogP contribution in [-0.2, 0) is 29.0 Å². The second kappa shape index (κ2) is 19.9. The van der Waals surface area contributed by atoms with Crippen LogP contribution in [0.15, 0.2) is 154 Å². The van der Waals surface area contributed by atoms with Crippen LogP contribution >= 0.6 is 11.8 Å². The van der Waals surface area contributed by atoms with Crippen molar-refractivity contribution in [2.45, 2.75) is 64.6 Å². The van der Waals surface area contributed by atoms with Crippen molar-refractivity contribution in [1.82, 2.24) is 9.62 Å². The second-order valence-corrected chi connectivity index (χ2v) is 24.9. The van der Waals surface area contributed by atoms with Gasteiger partial charge in [0.1, 0.15) is 4.90 Å². The lowest BCUT2D eigenvalue weighted by molar-refractivity contribution is -0.0498. The van der Waals surface area contributed by atoms with Gasteiger partial charge in [-0.3, -0.25) is 9.69 Å². The number of hydrogen-bond acceptors (Lipinski definition) is 10. The summed E-state index contributed by atoms with van der Waals surface area (Å²) >= 11 is 1.44. The number of halogens is 3. The predicted octanol–water partition coefficient (Wildman–Crippen LogP) is 7.34. The van der Waals surface area contributed by atoms with E-state index in [4.69, 9.17) is 9.16 Å². The Morgan fingerprint density at radius 1 is 0.839 bits per heavy atom. The Morgan fingerprint density at radius 2 is 1.40 bits per heavy atom. The van der Waals surface area contributed by atoms with Gasteiger partial charge in [-0.25, -0.2) is 21.6 Å². The van der Waals surface area contributed by atoms with Gasteiger partial charge in [-0.2, -0.15) is 13.2 Å². The molecule has 0 aliphatic carbocycles. The molecule has 1 aliphatic rings. The van der Waals surface area contributed by atoms with Crippen LogP contribution in [-0.4, -0.2) is 92.2 Å². The molecule has 1 aliphatic heterocycles. The zero-order chi connectivity index (χ0) is 44.6. The molecule has 330 valence electrons. The van der Waals surface area contributed by atoms with E-state index in [-0.39, 0.29) is 16.7 Å². The molecule has 1 amide bonds. The maximum atomic E-state index is 14.2. The van der Waals surface area contributed by atoms with Gasteiger partial charge in [0.15, 0.2) is 0 Å². The number of sulfonamides is 1. The minimum absolute atomic E-state index is 0.0189. The average molecular weight is 926 g/mol. The fourth-order valence-electron chi connectivity index (χ4n) is 7.50. The lowest BCUT2D eigenvalue weighted by atomic mass is 10.2. The molecule has 62 heavy (non-hydrogen) atoms. The molecule has 5 aromatic carbocycles. The highest BCUT2D eigenvalue weighted by Gasteiger charge is 2.51. The van der Waals surface area contributed by atoms with Gasteiger partial charge < -0.3 is 14.5 Å². The number of morpholine rings is 1. The highest BCUT2D eigenvalue weighted by Crippen LogP contribution is 2.38. The summed E-state index contributed by atoms with van der Waals surface area (Å²) in [6.45, 7) is 8.95. The second-order valence-electron chi connectivity index (χ2n) is 15.9. The Bertz CT molecular complexity index is 2440. The van der Waals surface area contributed by atoms with E-state index >= 15 is 0 Å². The van der Waals surface area contributed by atoms with Crippen molar-refractivity contribution in [2.24, 2.45) is 0 Å². The molecule has 2 N–H and O–H groups in total. The summed E-state index contributed by atoms with van der Waals surface area (Å²) in [4.78, 5) is 13.7. The van der Waals surface area contributed by atoms with Crippen LogP contribution in [0.1, 0.15) is 37.6 Å². The van der Waals surface area contributed by atoms with E-state index in [1.54, 1.807) is 6.07 Å². The van der Waals surface area contributed by atoms with Crippen molar-refractivity contribution >= 4 is 61.9 Å². The summed E-state index contributed by atoms with van der Waals surface area (Å²) in [7, 11) is -13.7. The highest BCUT2D eigenvalue weighted by atomic mass is 32.2. The van der Waals surface area contributed by atoms with E-state index in [0.717, 1.165) is 27.4 Å². The zero-order valence-electron chi connectivity index (χ0n) is 34.5. The summed E-state index contributed by atoms with van der Waals surface area (Å²) in [6.07, 6.45) is 0.0942. The molecule has 10 nitrogen and oxygen atoms in total. The summed E-state index contributed by atoms with van der Waals surface area (Å²) in [6, 6.07) is 39.1. The lowest BCUT2D eigenvalue weighted by Gasteiger charge is -2.44. The number of thioether (sulfide) groups is 1. The smallest absolute Gasteiger partial charge is 0.405 e. The number of nitrogens with zero attached hydrogens (tertiary/aromatic N) is 1. The zero-order valence-corrected chi connectivity index (χ0v) is 38.0. The first-order valence-corrected chi connectivity index (χ1v) is 25.9. The number of alkyl halides is 3. The molecule has 1 fully saturated rings. The van der Waals surface area contributed by atoms with Crippen LogP contribution in [0.25, 0.3) is 0 Å². The molecule has 0 saturated carbocycles. The molecule has 0 bridgehead atoms. The van der Waals surface area contributed by atoms with Crippen LogP contribution < -0.4 is 20.4 Å². The molecule has 0 unspecified atom stereocenters. The number of amides is 1. The monoisotopic (exact) mass is 925 g/mol. The fraction of sp³-hybridized carbons (Fsp3) is 0.311. The molecule has 1 saturated heterocycles. The van der Waals surface area contributed by atoms with Gasteiger partial charge in [0.25, 0.3) is 34.1 Å². The van der Waals surface area contributed by atoms with Gasteiger partial charge in [0, 0.05) is 41.9 Å². The van der Waals surface area contributed by atoms with Gasteiger partial charge in [-0.15, -0.1) is 11.8 Å². The van der Waals surface area contributed by atoms with Crippen molar-refractivity contribution in [3.63, 3.8) is 0 Å². The molecular formula is C45H50F3N3O7S3Si. The molecule has 0 radical (unpaired) electrons. The Morgan fingerprint density at radius 3 is 1.97 bits per heavy atom. The highest BCUT2D eigenvalue weighted by molar-refractivity contribution is 7.99. The number of hydrogen-bond donors (Lipinski definition) is 2. The molecule has 2 atom stereocenters. The van der Waals surface area contributed by atoms with Gasteiger partial charge in [-0.1, -0.05) is 118 Å². The van der Waals surface area contributed by atoms with Gasteiger partial charge in [-0.05, 0) is 64.3 Å². The van der Waals surface area contributed by atoms with E-state index in [1.807, 2.05) is 71.5 Å². The maximum absolute atomic E-state index is 14.2. The van der Waals surface area contributed by atoms with Gasteiger partial charge in [0.05, 0.1) is 29.9 Å². The normalized spacial score (nSPS) is 16.1. The number of carbonyl (C=O) groups is 1. The summed E-state index contributed by atoms with van der Waals surface area (Å²) in [5.74, 6) is -0.709. The fourth-order valence-corrected chi connectivity index (χ4v) is 15.1. The number of sulfone groups is 1. The summed E-state index contributed by atoms with van der Waals surface area (Å²) in [5, 5.41) is 5.08. The van der Waals surface area contributed by atoms with Crippen molar-refractivity contribution in [1.29, 1.82) is 0 Å². The molecule has 0 spiro atoms. The lowest BCUT2D eigenvalue weighted by Crippen LogP contribution is -2.67. The first kappa shape index (κ1) is 47.0. The van der Waals surface area contributed by atoms with Crippen LogP contribution in [0.4, 0.5) is 18.9 Å². The van der Waals surface area contributed by atoms with E-state index in [2.05, 4.69) is 55.3 Å². The van der Waals surface area contributed by atoms with Crippen LogP contribution in [0.5, 0.6) is 0 Å². The standard InChI is InChI=1S/C45H50F3N3O7S3Si/c1-44(2,3)62(39-20-12-6-13-21-39,40-22-14-7-15-23-40)58-32-36-31-51(28-29-57-36)27-26-35(33-59-37-18-10-5-11-19-37)49-41-25-24-38(30-42(41)60(53,54)45(46,47)48)61(55,56)50-43(52)34-16-8-4-9-17-34/h4-25,30,35-36,49H,26-29,31-33H2,1-3H3,(H,50,52)/t35-,36+/m1/s1. The minimum Gasteiger partial charge on any atom is -0.405 e. The molecule has 1 heterocycles. The Balaban J connectivity index is 1.23. The van der Waals surface area contributed by atoms with E-state index in [1.165, 1.54) is 36.0 Å². The third-order valence-electron chi connectivity index (χ3n) is 10.6.